The fourth-order valence-electron chi connectivity index (χ4n) is 4.75. The van der Waals surface area contributed by atoms with Gasteiger partial charge < -0.3 is 25.2 Å². The Morgan fingerprint density at radius 2 is 1.18 bits per heavy atom. The molecule has 0 rings (SSSR count). The molecule has 0 saturated carbocycles. The van der Waals surface area contributed by atoms with E-state index in [0.29, 0.717) is 19.3 Å². The van der Waals surface area contributed by atoms with Crippen molar-refractivity contribution in [2.45, 2.75) is 135 Å². The van der Waals surface area contributed by atoms with Crippen LogP contribution in [0.4, 0.5) is 0 Å². The van der Waals surface area contributed by atoms with E-state index < -0.39 is 38.6 Å². The minimum atomic E-state index is -4.42. The summed E-state index contributed by atoms with van der Waals surface area (Å²) in [5.41, 5.74) is 5.33. The maximum Gasteiger partial charge on any atom is 0.472 e. The number of esters is 2. The summed E-state index contributed by atoms with van der Waals surface area (Å²) < 4.78 is 32.6. The third-order valence-electron chi connectivity index (χ3n) is 7.75. The van der Waals surface area contributed by atoms with E-state index in [1.165, 1.54) is 0 Å². The first-order valence-electron chi connectivity index (χ1n) is 20.5. The zero-order chi connectivity index (χ0) is 41.2. The zero-order valence-corrected chi connectivity index (χ0v) is 35.1. The number of phosphoric ester groups is 1. The van der Waals surface area contributed by atoms with Gasteiger partial charge in [0.1, 0.15) is 6.61 Å². The predicted molar refractivity (Wildman–Crippen MR) is 230 cm³/mol. The largest absolute Gasteiger partial charge is 0.472 e. The summed E-state index contributed by atoms with van der Waals surface area (Å²) in [6, 6.07) is 0. The van der Waals surface area contributed by atoms with Crippen LogP contribution in [0.3, 0.4) is 0 Å². The molecule has 2 unspecified atom stereocenters. The summed E-state index contributed by atoms with van der Waals surface area (Å²) in [5, 5.41) is 9.86. The van der Waals surface area contributed by atoms with Gasteiger partial charge in [-0.1, -0.05) is 142 Å². The molecule has 0 aromatic carbocycles. The normalized spacial score (nSPS) is 15.0. The highest BCUT2D eigenvalue weighted by molar-refractivity contribution is 7.47. The molecule has 10 nitrogen and oxygen atoms in total. The third-order valence-corrected chi connectivity index (χ3v) is 8.73. The molecule has 0 fully saturated rings. The number of aliphatic hydroxyl groups is 1. The van der Waals surface area contributed by atoms with Gasteiger partial charge in [0, 0.05) is 19.4 Å². The van der Waals surface area contributed by atoms with Crippen LogP contribution in [0, 0.1) is 0 Å². The number of hydrogen-bond donors (Lipinski definition) is 3. The number of ether oxygens (including phenoxy) is 2. The van der Waals surface area contributed by atoms with E-state index in [1.54, 1.807) is 6.08 Å². The molecule has 0 bridgehead atoms. The van der Waals surface area contributed by atoms with Crippen LogP contribution < -0.4 is 5.73 Å². The lowest BCUT2D eigenvalue weighted by Crippen LogP contribution is -2.29. The maximum absolute atomic E-state index is 12.5. The van der Waals surface area contributed by atoms with Crippen LogP contribution in [0.2, 0.25) is 0 Å². The highest BCUT2D eigenvalue weighted by Gasteiger charge is 2.25. The van der Waals surface area contributed by atoms with E-state index in [2.05, 4.69) is 80.7 Å². The molecule has 56 heavy (non-hydrogen) atoms. The van der Waals surface area contributed by atoms with Crippen molar-refractivity contribution in [3.05, 3.63) is 109 Å². The Hall–Kier alpha value is -3.37. The number of rotatable bonds is 36. The number of phosphoric acid groups is 1. The van der Waals surface area contributed by atoms with Crippen molar-refractivity contribution in [1.29, 1.82) is 0 Å². The number of hydrogen-bond acceptors (Lipinski definition) is 9. The molecule has 0 aromatic rings. The summed E-state index contributed by atoms with van der Waals surface area (Å²) in [6.45, 7) is 3.24. The minimum absolute atomic E-state index is 0.0244. The summed E-state index contributed by atoms with van der Waals surface area (Å²) in [4.78, 5) is 34.8. The lowest BCUT2D eigenvalue weighted by molar-refractivity contribution is -0.161. The van der Waals surface area contributed by atoms with Crippen molar-refractivity contribution < 1.29 is 42.7 Å². The van der Waals surface area contributed by atoms with Gasteiger partial charge in [0.2, 0.25) is 0 Å². The molecule has 0 amide bonds. The number of carbonyl (C=O) groups excluding carboxylic acids is 2. The number of allylic oxidation sites excluding steroid dienone is 16. The molecule has 3 atom stereocenters. The Morgan fingerprint density at radius 1 is 0.625 bits per heavy atom. The average Bonchev–Trinajstić information content (AvgIpc) is 3.18. The number of aliphatic hydroxyl groups excluding tert-OH is 1. The van der Waals surface area contributed by atoms with Gasteiger partial charge >= 0.3 is 19.8 Å². The second kappa shape index (κ2) is 39.8. The standard InChI is InChI=1S/C45H72NO9P/c1-3-5-7-8-9-10-11-12-13-14-15-16-17-18-19-22-26-29-33-37-45(49)55-43(41-54-56(50,51)53-39-38-46)40-52-44(48)36-32-28-25-23-20-21-24-27-31-35-42(47)34-30-6-4-2/h5-7,9-10,12-13,15-16,18-19,24,26-27,29-31,35,42-43,47H,3-4,8,11,14,17,20-23,25,28,32-34,36-41,46H2,1-2H3,(H,50,51)/b7-5-,10-9-,13-12-,16-15-,19-18-,27-24+,29-26-,30-6+,35-31+/t42?,43-/m1/s1. The molecule has 0 aliphatic carbocycles. The van der Waals surface area contributed by atoms with E-state index in [0.717, 1.165) is 77.0 Å². The van der Waals surface area contributed by atoms with Crippen LogP contribution in [-0.4, -0.2) is 60.5 Å². The van der Waals surface area contributed by atoms with Gasteiger partial charge in [-0.05, 0) is 77.0 Å². The highest BCUT2D eigenvalue weighted by atomic mass is 31.2. The quantitative estimate of drug-likeness (QED) is 0.0183. The fraction of sp³-hybridized carbons (Fsp3) is 0.556. The fourth-order valence-corrected chi connectivity index (χ4v) is 5.52. The smallest absolute Gasteiger partial charge is 0.462 e. The molecule has 0 saturated heterocycles. The van der Waals surface area contributed by atoms with E-state index in [1.807, 2.05) is 36.5 Å². The zero-order valence-electron chi connectivity index (χ0n) is 34.2. The minimum Gasteiger partial charge on any atom is -0.462 e. The Bertz CT molecular complexity index is 1300. The lowest BCUT2D eigenvalue weighted by atomic mass is 10.1. The van der Waals surface area contributed by atoms with Gasteiger partial charge in [-0.15, -0.1) is 0 Å². The summed E-state index contributed by atoms with van der Waals surface area (Å²) in [7, 11) is -4.42. The van der Waals surface area contributed by atoms with E-state index in [9.17, 15) is 24.2 Å². The average molecular weight is 802 g/mol. The number of carbonyl (C=O) groups is 2. The molecule has 0 heterocycles. The van der Waals surface area contributed by atoms with Crippen molar-refractivity contribution in [1.82, 2.24) is 0 Å². The Morgan fingerprint density at radius 3 is 1.79 bits per heavy atom. The van der Waals surface area contributed by atoms with E-state index in [-0.39, 0.29) is 32.6 Å². The monoisotopic (exact) mass is 801 g/mol. The van der Waals surface area contributed by atoms with Crippen molar-refractivity contribution in [3.8, 4) is 0 Å². The Balaban J connectivity index is 4.41. The van der Waals surface area contributed by atoms with Gasteiger partial charge in [0.05, 0.1) is 19.3 Å². The second-order valence-corrected chi connectivity index (χ2v) is 14.4. The van der Waals surface area contributed by atoms with Crippen LogP contribution in [0.1, 0.15) is 123 Å². The molecule has 0 aliphatic heterocycles. The SMILES string of the molecule is CC/C=C\C/C=C\C/C=C\C/C=C\C/C=C\C/C=C\CCC(=O)O[C@H](COC(=O)CCCCCCC/C=C/C=C/C(O)C/C=C/CC)COP(=O)(O)OCCN. The number of nitrogens with two attached hydrogens (primary N) is 1. The maximum atomic E-state index is 12.5. The van der Waals surface area contributed by atoms with Gasteiger partial charge in [0.15, 0.2) is 6.10 Å². The molecular weight excluding hydrogens is 729 g/mol. The molecule has 0 spiro atoms. The third kappa shape index (κ3) is 38.9. The second-order valence-electron chi connectivity index (χ2n) is 12.9. The first-order valence-corrected chi connectivity index (χ1v) is 22.0. The first-order chi connectivity index (χ1) is 27.2. The summed E-state index contributed by atoms with van der Waals surface area (Å²) in [5.74, 6) is -0.995. The molecule has 0 aliphatic rings. The van der Waals surface area contributed by atoms with Gasteiger partial charge in [-0.25, -0.2) is 4.57 Å². The molecule has 11 heteroatoms. The topological polar surface area (TPSA) is 155 Å². The Kier molecular flexibility index (Phi) is 37.5. The van der Waals surface area contributed by atoms with Crippen LogP contribution in [0.15, 0.2) is 109 Å². The Labute approximate surface area is 338 Å². The van der Waals surface area contributed by atoms with Crippen LogP contribution in [0.5, 0.6) is 0 Å². The predicted octanol–water partition coefficient (Wildman–Crippen LogP) is 10.6. The molecular formula is C45H72NO9P. The molecule has 4 N–H and O–H groups in total. The lowest BCUT2D eigenvalue weighted by Gasteiger charge is -2.19. The molecule has 316 valence electrons. The van der Waals surface area contributed by atoms with E-state index in [4.69, 9.17) is 24.3 Å². The molecule has 0 aromatic heterocycles. The highest BCUT2D eigenvalue weighted by Crippen LogP contribution is 2.43. The summed E-state index contributed by atoms with van der Waals surface area (Å²) >= 11 is 0. The van der Waals surface area contributed by atoms with Crippen molar-refractivity contribution in [2.75, 3.05) is 26.4 Å². The van der Waals surface area contributed by atoms with Gasteiger partial charge in [-0.2, -0.15) is 0 Å². The van der Waals surface area contributed by atoms with Crippen molar-refractivity contribution >= 4 is 19.8 Å². The summed E-state index contributed by atoms with van der Waals surface area (Å²) in [6.07, 6.45) is 48.9. The van der Waals surface area contributed by atoms with Gasteiger partial charge in [-0.3, -0.25) is 18.6 Å². The van der Waals surface area contributed by atoms with Crippen molar-refractivity contribution in [3.63, 3.8) is 0 Å². The van der Waals surface area contributed by atoms with E-state index >= 15 is 0 Å². The van der Waals surface area contributed by atoms with Crippen molar-refractivity contribution in [2.24, 2.45) is 5.73 Å². The van der Waals surface area contributed by atoms with Gasteiger partial charge in [0.25, 0.3) is 0 Å². The van der Waals surface area contributed by atoms with Crippen LogP contribution >= 0.6 is 7.82 Å². The first kappa shape index (κ1) is 52.6. The molecule has 0 radical (unpaired) electrons. The number of unbranched alkanes of at least 4 members (excludes halogenated alkanes) is 5. The van der Waals surface area contributed by atoms with Crippen LogP contribution in [-0.2, 0) is 32.7 Å². The van der Waals surface area contributed by atoms with Crippen LogP contribution in [0.25, 0.3) is 0 Å².